The SMILES string of the molecule is COc1ccc(-c2nc(COC(=O)c3cn[nH]c3C(C)C)cs2)cc1OC. The van der Waals surface area contributed by atoms with Crippen molar-refractivity contribution in [3.8, 4) is 22.1 Å². The summed E-state index contributed by atoms with van der Waals surface area (Å²) in [6.07, 6.45) is 1.49. The molecular formula is C19H21N3O4S. The van der Waals surface area contributed by atoms with Gasteiger partial charge in [-0.05, 0) is 24.1 Å². The Morgan fingerprint density at radius 1 is 1.22 bits per heavy atom. The number of carbonyl (C=O) groups is 1. The van der Waals surface area contributed by atoms with Gasteiger partial charge in [0.15, 0.2) is 11.5 Å². The molecule has 0 unspecified atom stereocenters. The van der Waals surface area contributed by atoms with Crippen LogP contribution in [0.15, 0.2) is 29.8 Å². The molecule has 3 aromatic rings. The lowest BCUT2D eigenvalue weighted by molar-refractivity contribution is 0.0467. The zero-order chi connectivity index (χ0) is 19.4. The second-order valence-electron chi connectivity index (χ2n) is 6.14. The maximum absolute atomic E-state index is 12.3. The summed E-state index contributed by atoms with van der Waals surface area (Å²) in [5.41, 5.74) is 2.82. The van der Waals surface area contributed by atoms with Crippen molar-refractivity contribution in [1.29, 1.82) is 0 Å². The predicted molar refractivity (Wildman–Crippen MR) is 102 cm³/mol. The lowest BCUT2D eigenvalue weighted by Crippen LogP contribution is -2.08. The standard InChI is InChI=1S/C19H21N3O4S/c1-11(2)17-14(8-20-22-17)19(23)26-9-13-10-27-18(21-13)12-5-6-15(24-3)16(7-12)25-4/h5-8,10-11H,9H2,1-4H3,(H,20,22). The van der Waals surface area contributed by atoms with Crippen LogP contribution in [-0.2, 0) is 11.3 Å². The molecule has 142 valence electrons. The van der Waals surface area contributed by atoms with E-state index in [1.54, 1.807) is 14.2 Å². The molecule has 27 heavy (non-hydrogen) atoms. The molecule has 0 aliphatic rings. The third-order valence-electron chi connectivity index (χ3n) is 4.00. The molecular weight excluding hydrogens is 366 g/mol. The Kier molecular flexibility index (Phi) is 5.75. The minimum absolute atomic E-state index is 0.103. The number of aromatic amines is 1. The van der Waals surface area contributed by atoms with E-state index in [4.69, 9.17) is 14.2 Å². The van der Waals surface area contributed by atoms with Gasteiger partial charge in [0.05, 0.1) is 31.8 Å². The van der Waals surface area contributed by atoms with Crippen molar-refractivity contribution in [3.63, 3.8) is 0 Å². The Morgan fingerprint density at radius 3 is 2.70 bits per heavy atom. The smallest absolute Gasteiger partial charge is 0.342 e. The van der Waals surface area contributed by atoms with Gasteiger partial charge in [0.25, 0.3) is 0 Å². The van der Waals surface area contributed by atoms with Gasteiger partial charge in [0.2, 0.25) is 0 Å². The van der Waals surface area contributed by atoms with Crippen LogP contribution in [0.4, 0.5) is 0 Å². The minimum atomic E-state index is -0.409. The van der Waals surface area contributed by atoms with E-state index in [-0.39, 0.29) is 12.5 Å². The highest BCUT2D eigenvalue weighted by atomic mass is 32.1. The van der Waals surface area contributed by atoms with Crippen LogP contribution in [0.3, 0.4) is 0 Å². The van der Waals surface area contributed by atoms with Crippen LogP contribution >= 0.6 is 11.3 Å². The number of rotatable bonds is 7. The van der Waals surface area contributed by atoms with E-state index in [2.05, 4.69) is 15.2 Å². The first-order valence-corrected chi connectivity index (χ1v) is 9.28. The van der Waals surface area contributed by atoms with E-state index in [1.807, 2.05) is 37.4 Å². The number of ether oxygens (including phenoxy) is 3. The van der Waals surface area contributed by atoms with Crippen LogP contribution in [0.2, 0.25) is 0 Å². The van der Waals surface area contributed by atoms with Crippen molar-refractivity contribution in [1.82, 2.24) is 15.2 Å². The Bertz CT molecular complexity index is 933. The van der Waals surface area contributed by atoms with Gasteiger partial charge in [-0.2, -0.15) is 5.10 Å². The summed E-state index contributed by atoms with van der Waals surface area (Å²) in [4.78, 5) is 16.8. The molecule has 7 nitrogen and oxygen atoms in total. The van der Waals surface area contributed by atoms with Crippen LogP contribution in [0.1, 0.15) is 41.5 Å². The van der Waals surface area contributed by atoms with Crippen LogP contribution in [0.5, 0.6) is 11.5 Å². The molecule has 2 heterocycles. The van der Waals surface area contributed by atoms with E-state index >= 15 is 0 Å². The van der Waals surface area contributed by atoms with Gasteiger partial charge in [-0.3, -0.25) is 5.10 Å². The van der Waals surface area contributed by atoms with E-state index in [9.17, 15) is 4.79 Å². The zero-order valence-corrected chi connectivity index (χ0v) is 16.4. The summed E-state index contributed by atoms with van der Waals surface area (Å²) in [7, 11) is 3.19. The summed E-state index contributed by atoms with van der Waals surface area (Å²) < 4.78 is 16.0. The largest absolute Gasteiger partial charge is 0.493 e. The molecule has 0 amide bonds. The maximum atomic E-state index is 12.3. The average Bonchev–Trinajstić information content (AvgIpc) is 3.35. The fourth-order valence-corrected chi connectivity index (χ4v) is 3.39. The van der Waals surface area contributed by atoms with Gasteiger partial charge in [-0.1, -0.05) is 13.8 Å². The summed E-state index contributed by atoms with van der Waals surface area (Å²) in [6.45, 7) is 4.07. The van der Waals surface area contributed by atoms with Gasteiger partial charge in [-0.25, -0.2) is 9.78 Å². The van der Waals surface area contributed by atoms with E-state index in [0.717, 1.165) is 16.3 Å². The highest BCUT2D eigenvalue weighted by Gasteiger charge is 2.18. The fraction of sp³-hybridized carbons (Fsp3) is 0.316. The van der Waals surface area contributed by atoms with Crippen molar-refractivity contribution in [2.24, 2.45) is 0 Å². The third kappa shape index (κ3) is 4.11. The number of carbonyl (C=O) groups excluding carboxylic acids is 1. The van der Waals surface area contributed by atoms with Crippen molar-refractivity contribution in [3.05, 3.63) is 46.7 Å². The molecule has 2 aromatic heterocycles. The topological polar surface area (TPSA) is 86.3 Å². The number of hydrogen-bond acceptors (Lipinski definition) is 7. The Hall–Kier alpha value is -2.87. The fourth-order valence-electron chi connectivity index (χ4n) is 2.59. The van der Waals surface area contributed by atoms with Crippen molar-refractivity contribution < 1.29 is 19.0 Å². The van der Waals surface area contributed by atoms with Crippen LogP contribution < -0.4 is 9.47 Å². The molecule has 8 heteroatoms. The van der Waals surface area contributed by atoms with Gasteiger partial charge in [0, 0.05) is 10.9 Å². The monoisotopic (exact) mass is 387 g/mol. The van der Waals surface area contributed by atoms with Crippen molar-refractivity contribution >= 4 is 17.3 Å². The predicted octanol–water partition coefficient (Wildman–Crippen LogP) is 4.03. The molecule has 3 rings (SSSR count). The van der Waals surface area contributed by atoms with Crippen LogP contribution in [0, 0.1) is 0 Å². The molecule has 1 aromatic carbocycles. The molecule has 0 saturated heterocycles. The summed E-state index contributed by atoms with van der Waals surface area (Å²) in [5.74, 6) is 1.05. The number of thiazole rings is 1. The summed E-state index contributed by atoms with van der Waals surface area (Å²) >= 11 is 1.48. The second kappa shape index (κ2) is 8.22. The Morgan fingerprint density at radius 2 is 2.00 bits per heavy atom. The van der Waals surface area contributed by atoms with Gasteiger partial charge < -0.3 is 14.2 Å². The Balaban J connectivity index is 1.69. The molecule has 0 aliphatic carbocycles. The first-order chi connectivity index (χ1) is 13.0. The van der Waals surface area contributed by atoms with Crippen LogP contribution in [0.25, 0.3) is 10.6 Å². The first-order valence-electron chi connectivity index (χ1n) is 8.40. The number of methoxy groups -OCH3 is 2. The highest BCUT2D eigenvalue weighted by molar-refractivity contribution is 7.13. The number of hydrogen-bond donors (Lipinski definition) is 1. The van der Waals surface area contributed by atoms with E-state index in [1.165, 1.54) is 17.5 Å². The highest BCUT2D eigenvalue weighted by Crippen LogP contribution is 2.33. The molecule has 0 bridgehead atoms. The average molecular weight is 387 g/mol. The maximum Gasteiger partial charge on any atom is 0.342 e. The Labute approximate surface area is 161 Å². The van der Waals surface area contributed by atoms with Crippen LogP contribution in [-0.4, -0.2) is 35.4 Å². The van der Waals surface area contributed by atoms with Gasteiger partial charge in [0.1, 0.15) is 17.2 Å². The third-order valence-corrected chi connectivity index (χ3v) is 4.94. The van der Waals surface area contributed by atoms with E-state index in [0.29, 0.717) is 22.8 Å². The second-order valence-corrected chi connectivity index (χ2v) is 7.00. The molecule has 1 N–H and O–H groups in total. The molecule has 0 saturated carbocycles. The number of esters is 1. The minimum Gasteiger partial charge on any atom is -0.493 e. The van der Waals surface area contributed by atoms with Gasteiger partial charge >= 0.3 is 5.97 Å². The molecule has 0 atom stereocenters. The first kappa shape index (κ1) is 18.9. The number of nitrogens with zero attached hydrogens (tertiary/aromatic N) is 2. The molecule has 0 spiro atoms. The summed E-state index contributed by atoms with van der Waals surface area (Å²) in [5, 5.41) is 9.46. The number of benzene rings is 1. The lowest BCUT2D eigenvalue weighted by atomic mass is 10.1. The zero-order valence-electron chi connectivity index (χ0n) is 15.6. The van der Waals surface area contributed by atoms with Crippen molar-refractivity contribution in [2.45, 2.75) is 26.4 Å². The lowest BCUT2D eigenvalue weighted by Gasteiger charge is -2.08. The molecule has 0 fully saturated rings. The molecule has 0 radical (unpaired) electrons. The molecule has 0 aliphatic heterocycles. The summed E-state index contributed by atoms with van der Waals surface area (Å²) in [6, 6.07) is 5.62. The van der Waals surface area contributed by atoms with Gasteiger partial charge in [-0.15, -0.1) is 11.3 Å². The normalized spacial score (nSPS) is 10.9. The van der Waals surface area contributed by atoms with Crippen molar-refractivity contribution in [2.75, 3.05) is 14.2 Å². The quantitative estimate of drug-likeness (QED) is 0.616. The number of nitrogens with one attached hydrogen (secondary N) is 1. The number of aromatic nitrogens is 3. The number of H-pyrrole nitrogens is 1. The van der Waals surface area contributed by atoms with E-state index < -0.39 is 5.97 Å².